The topological polar surface area (TPSA) is 98.3 Å². The molecule has 0 radical (unpaired) electrons. The highest BCUT2D eigenvalue weighted by molar-refractivity contribution is 6.12. The molecule has 0 aliphatic rings. The van der Waals surface area contributed by atoms with Crippen LogP contribution in [0.2, 0.25) is 0 Å². The predicted molar refractivity (Wildman–Crippen MR) is 77.7 cm³/mol. The van der Waals surface area contributed by atoms with Crippen LogP contribution in [0.5, 0.6) is 5.75 Å². The molecule has 6 heteroatoms. The van der Waals surface area contributed by atoms with Crippen molar-refractivity contribution < 1.29 is 13.9 Å². The number of hydrogen-bond donors (Lipinski definition) is 2. The molecule has 1 aromatic heterocycles. The summed E-state index contributed by atoms with van der Waals surface area (Å²) in [6.45, 7) is 0. The van der Waals surface area contributed by atoms with Crippen LogP contribution in [0.1, 0.15) is 15.9 Å². The number of anilines is 1. The molecule has 3 aromatic rings. The van der Waals surface area contributed by atoms with Gasteiger partial charge in [0.25, 0.3) is 0 Å². The van der Waals surface area contributed by atoms with Gasteiger partial charge in [0, 0.05) is 11.3 Å². The molecule has 21 heavy (non-hydrogen) atoms. The number of nitrogens with one attached hydrogen (secondary N) is 1. The van der Waals surface area contributed by atoms with Gasteiger partial charge in [0.2, 0.25) is 0 Å². The Morgan fingerprint density at radius 3 is 2.81 bits per heavy atom. The first-order valence-corrected chi connectivity index (χ1v) is 6.19. The maximum Gasteiger partial charge on any atom is 0.417 e. The van der Waals surface area contributed by atoms with Crippen LogP contribution in [-0.4, -0.2) is 17.9 Å². The fourth-order valence-corrected chi connectivity index (χ4v) is 2.15. The van der Waals surface area contributed by atoms with E-state index >= 15 is 0 Å². The maximum atomic E-state index is 12.6. The van der Waals surface area contributed by atoms with Crippen LogP contribution in [0.4, 0.5) is 5.69 Å². The fraction of sp³-hybridized carbons (Fsp3) is 0.0667. The van der Waals surface area contributed by atoms with Gasteiger partial charge in [-0.2, -0.15) is 0 Å². The minimum Gasteiger partial charge on any atom is -0.496 e. The molecule has 3 N–H and O–H groups in total. The molecule has 0 saturated carbocycles. The Kier molecular flexibility index (Phi) is 2.98. The predicted octanol–water partition coefficient (Wildman–Crippen LogP) is 1.94. The van der Waals surface area contributed by atoms with Crippen LogP contribution >= 0.6 is 0 Å². The summed E-state index contributed by atoms with van der Waals surface area (Å²) in [7, 11) is 1.48. The molecule has 0 amide bonds. The van der Waals surface area contributed by atoms with Gasteiger partial charge >= 0.3 is 5.76 Å². The number of fused-ring (bicyclic) bond motifs is 1. The number of hydrogen-bond acceptors (Lipinski definition) is 5. The maximum absolute atomic E-state index is 12.6. The van der Waals surface area contributed by atoms with Crippen LogP contribution in [0.15, 0.2) is 45.6 Å². The second-order valence-corrected chi connectivity index (χ2v) is 4.51. The number of ketones is 1. The quantitative estimate of drug-likeness (QED) is 0.565. The van der Waals surface area contributed by atoms with Gasteiger partial charge in [-0.25, -0.2) is 4.79 Å². The van der Waals surface area contributed by atoms with Gasteiger partial charge in [0.1, 0.15) is 5.75 Å². The molecular weight excluding hydrogens is 272 g/mol. The Morgan fingerprint density at radius 2 is 2.05 bits per heavy atom. The minimum atomic E-state index is -0.559. The lowest BCUT2D eigenvalue weighted by Crippen LogP contribution is -2.05. The van der Waals surface area contributed by atoms with Crippen LogP contribution < -0.4 is 16.2 Å². The third kappa shape index (κ3) is 2.27. The van der Waals surface area contributed by atoms with E-state index < -0.39 is 5.76 Å². The number of benzene rings is 2. The van der Waals surface area contributed by atoms with Crippen molar-refractivity contribution in [3.05, 3.63) is 58.1 Å². The first-order chi connectivity index (χ1) is 10.1. The van der Waals surface area contributed by atoms with E-state index in [9.17, 15) is 9.59 Å². The second kappa shape index (κ2) is 4.82. The Balaban J connectivity index is 2.11. The van der Waals surface area contributed by atoms with Crippen LogP contribution in [-0.2, 0) is 0 Å². The zero-order valence-electron chi connectivity index (χ0n) is 11.2. The molecule has 6 nitrogen and oxygen atoms in total. The van der Waals surface area contributed by atoms with Crippen molar-refractivity contribution >= 4 is 22.6 Å². The number of H-pyrrole nitrogens is 1. The lowest BCUT2D eigenvalue weighted by Gasteiger charge is -2.08. The average molecular weight is 284 g/mol. The van der Waals surface area contributed by atoms with Crippen LogP contribution in [0.25, 0.3) is 11.1 Å². The number of carbonyl (C=O) groups excluding carboxylic acids is 1. The van der Waals surface area contributed by atoms with Crippen LogP contribution in [0.3, 0.4) is 0 Å². The van der Waals surface area contributed by atoms with Gasteiger partial charge in [-0.1, -0.05) is 0 Å². The third-order valence-electron chi connectivity index (χ3n) is 3.15. The van der Waals surface area contributed by atoms with E-state index in [1.807, 2.05) is 0 Å². The first kappa shape index (κ1) is 13.0. The van der Waals surface area contributed by atoms with E-state index in [0.29, 0.717) is 33.7 Å². The van der Waals surface area contributed by atoms with Crippen molar-refractivity contribution in [2.24, 2.45) is 0 Å². The molecule has 0 aliphatic carbocycles. The molecule has 0 fully saturated rings. The summed E-state index contributed by atoms with van der Waals surface area (Å²) in [5, 5.41) is 0. The number of ether oxygens (including phenoxy) is 1. The van der Waals surface area contributed by atoms with E-state index in [0.717, 1.165) is 0 Å². The number of carbonyl (C=O) groups is 1. The monoisotopic (exact) mass is 284 g/mol. The van der Waals surface area contributed by atoms with Crippen LogP contribution in [0, 0.1) is 0 Å². The molecule has 0 atom stereocenters. The normalized spacial score (nSPS) is 10.7. The average Bonchev–Trinajstić information content (AvgIpc) is 2.85. The SMILES string of the molecule is COc1ccc(N)cc1C(=O)c1ccc2[nH]c(=O)oc2c1. The summed E-state index contributed by atoms with van der Waals surface area (Å²) in [4.78, 5) is 26.2. The van der Waals surface area contributed by atoms with E-state index in [-0.39, 0.29) is 5.78 Å². The van der Waals surface area contributed by atoms with Crippen molar-refractivity contribution in [3.63, 3.8) is 0 Å². The van der Waals surface area contributed by atoms with E-state index in [4.69, 9.17) is 14.9 Å². The second-order valence-electron chi connectivity index (χ2n) is 4.51. The smallest absolute Gasteiger partial charge is 0.417 e. The molecule has 0 bridgehead atoms. The summed E-state index contributed by atoms with van der Waals surface area (Å²) in [6, 6.07) is 9.59. The van der Waals surface area contributed by atoms with Crippen molar-refractivity contribution in [2.75, 3.05) is 12.8 Å². The van der Waals surface area contributed by atoms with Gasteiger partial charge < -0.3 is 14.9 Å². The highest BCUT2D eigenvalue weighted by Crippen LogP contribution is 2.25. The summed E-state index contributed by atoms with van der Waals surface area (Å²) in [5.41, 5.74) is 7.79. The van der Waals surface area contributed by atoms with Gasteiger partial charge in [0.15, 0.2) is 11.4 Å². The van der Waals surface area contributed by atoms with Gasteiger partial charge in [-0.3, -0.25) is 9.78 Å². The Labute approximate surface area is 119 Å². The zero-order chi connectivity index (χ0) is 15.0. The number of nitrogen functional groups attached to an aromatic ring is 1. The van der Waals surface area contributed by atoms with Gasteiger partial charge in [0.05, 0.1) is 18.2 Å². The summed E-state index contributed by atoms with van der Waals surface area (Å²) >= 11 is 0. The summed E-state index contributed by atoms with van der Waals surface area (Å²) in [5.74, 6) is -0.383. The summed E-state index contributed by atoms with van der Waals surface area (Å²) in [6.07, 6.45) is 0. The number of aromatic nitrogens is 1. The minimum absolute atomic E-state index is 0.259. The number of methoxy groups -OCH3 is 1. The number of aromatic amines is 1. The van der Waals surface area contributed by atoms with Crippen molar-refractivity contribution in [1.29, 1.82) is 0 Å². The molecule has 0 aliphatic heterocycles. The molecule has 1 heterocycles. The Hall–Kier alpha value is -3.02. The molecule has 0 saturated heterocycles. The van der Waals surface area contributed by atoms with Gasteiger partial charge in [-0.05, 0) is 36.4 Å². The zero-order valence-corrected chi connectivity index (χ0v) is 11.2. The lowest BCUT2D eigenvalue weighted by molar-refractivity contribution is 0.103. The highest BCUT2D eigenvalue weighted by atomic mass is 16.5. The lowest BCUT2D eigenvalue weighted by atomic mass is 10.0. The van der Waals surface area contributed by atoms with Crippen molar-refractivity contribution in [1.82, 2.24) is 4.98 Å². The van der Waals surface area contributed by atoms with Gasteiger partial charge in [-0.15, -0.1) is 0 Å². The largest absolute Gasteiger partial charge is 0.496 e. The first-order valence-electron chi connectivity index (χ1n) is 6.19. The molecule has 3 rings (SSSR count). The number of oxazole rings is 1. The van der Waals surface area contributed by atoms with E-state index in [1.54, 1.807) is 30.3 Å². The number of nitrogens with two attached hydrogens (primary N) is 1. The standard InChI is InChI=1S/C15H12N2O4/c1-20-12-5-3-9(16)7-10(12)14(18)8-2-4-11-13(6-8)21-15(19)17-11/h2-7H,16H2,1H3,(H,17,19). The highest BCUT2D eigenvalue weighted by Gasteiger charge is 2.16. The fourth-order valence-electron chi connectivity index (χ4n) is 2.15. The van der Waals surface area contributed by atoms with Crippen molar-refractivity contribution in [2.45, 2.75) is 0 Å². The Bertz CT molecular complexity index is 892. The molecule has 2 aromatic carbocycles. The van der Waals surface area contributed by atoms with E-state index in [2.05, 4.69) is 4.98 Å². The van der Waals surface area contributed by atoms with Crippen molar-refractivity contribution in [3.8, 4) is 5.75 Å². The number of rotatable bonds is 3. The third-order valence-corrected chi connectivity index (χ3v) is 3.15. The Morgan fingerprint density at radius 1 is 1.24 bits per heavy atom. The summed E-state index contributed by atoms with van der Waals surface area (Å²) < 4.78 is 10.1. The molecule has 0 spiro atoms. The van der Waals surface area contributed by atoms with E-state index in [1.165, 1.54) is 13.2 Å². The molecule has 106 valence electrons. The molecule has 0 unspecified atom stereocenters. The molecular formula is C15H12N2O4.